The van der Waals surface area contributed by atoms with E-state index in [9.17, 15) is 0 Å². The second-order valence-corrected chi connectivity index (χ2v) is 7.29. The Morgan fingerprint density at radius 2 is 2.10 bits per heavy atom. The first-order valence-corrected chi connectivity index (χ1v) is 8.27. The number of likely N-dealkylation sites (N-methyl/N-ethyl adjacent to an activating group) is 2. The summed E-state index contributed by atoms with van der Waals surface area (Å²) < 4.78 is 9.06. The molecule has 0 aliphatic heterocycles. The molecule has 0 radical (unpaired) electrons. The largest absolute Gasteiger partial charge is 0.374 e. The fraction of sp³-hybridized carbons (Fsp3) is 0.800. The minimum atomic E-state index is -0.144. The molecule has 5 nitrogen and oxygen atoms in total. The Morgan fingerprint density at radius 3 is 2.62 bits per heavy atom. The average Bonchev–Trinajstić information content (AvgIpc) is 2.72. The summed E-state index contributed by atoms with van der Waals surface area (Å²) in [5, 5.41) is 7.98. The van der Waals surface area contributed by atoms with Crippen LogP contribution in [0.4, 0.5) is 0 Å². The number of ether oxygens (including phenoxy) is 1. The number of halogens is 1. The molecule has 1 rings (SSSR count). The SMILES string of the molecule is CCNC(COC(C)(C)C)c1c(Br)cnn1CCN(C)C. The van der Waals surface area contributed by atoms with Gasteiger partial charge in [-0.1, -0.05) is 6.92 Å². The van der Waals surface area contributed by atoms with Crippen LogP contribution in [0.3, 0.4) is 0 Å². The van der Waals surface area contributed by atoms with Crippen LogP contribution in [0.1, 0.15) is 39.4 Å². The lowest BCUT2D eigenvalue weighted by Gasteiger charge is -2.26. The number of rotatable bonds is 8. The van der Waals surface area contributed by atoms with E-state index in [0.29, 0.717) is 6.61 Å². The van der Waals surface area contributed by atoms with E-state index >= 15 is 0 Å². The second-order valence-electron chi connectivity index (χ2n) is 6.44. The molecular weight excluding hydrogens is 332 g/mol. The number of nitrogens with one attached hydrogen (secondary N) is 1. The molecule has 0 aliphatic carbocycles. The van der Waals surface area contributed by atoms with Gasteiger partial charge in [-0.05, 0) is 57.3 Å². The van der Waals surface area contributed by atoms with Gasteiger partial charge in [-0.2, -0.15) is 5.10 Å². The average molecular weight is 361 g/mol. The maximum absolute atomic E-state index is 5.97. The molecule has 21 heavy (non-hydrogen) atoms. The van der Waals surface area contributed by atoms with Gasteiger partial charge in [-0.3, -0.25) is 4.68 Å². The van der Waals surface area contributed by atoms with Crippen LogP contribution in [0.25, 0.3) is 0 Å². The van der Waals surface area contributed by atoms with Crippen LogP contribution in [-0.2, 0) is 11.3 Å². The Kier molecular flexibility index (Phi) is 7.33. The fourth-order valence-electron chi connectivity index (χ4n) is 2.01. The summed E-state index contributed by atoms with van der Waals surface area (Å²) in [5.41, 5.74) is 1.01. The summed E-state index contributed by atoms with van der Waals surface area (Å²) in [5.74, 6) is 0. The van der Waals surface area contributed by atoms with Crippen molar-refractivity contribution >= 4 is 15.9 Å². The lowest BCUT2D eigenvalue weighted by atomic mass is 10.1. The van der Waals surface area contributed by atoms with Crippen molar-refractivity contribution in [2.24, 2.45) is 0 Å². The first-order chi connectivity index (χ1) is 9.74. The zero-order valence-electron chi connectivity index (χ0n) is 14.1. The van der Waals surface area contributed by atoms with E-state index in [4.69, 9.17) is 4.74 Å². The maximum atomic E-state index is 5.97. The lowest BCUT2D eigenvalue weighted by Crippen LogP contribution is -2.32. The maximum Gasteiger partial charge on any atom is 0.0741 e. The highest BCUT2D eigenvalue weighted by Crippen LogP contribution is 2.25. The topological polar surface area (TPSA) is 42.3 Å². The molecule has 6 heteroatoms. The Labute approximate surface area is 137 Å². The van der Waals surface area contributed by atoms with Crippen molar-refractivity contribution < 1.29 is 4.74 Å². The zero-order chi connectivity index (χ0) is 16.0. The van der Waals surface area contributed by atoms with Gasteiger partial charge in [-0.25, -0.2) is 0 Å². The molecule has 0 aliphatic rings. The summed E-state index contributed by atoms with van der Waals surface area (Å²) in [6.07, 6.45) is 1.87. The predicted molar refractivity (Wildman–Crippen MR) is 90.6 cm³/mol. The fourth-order valence-corrected chi connectivity index (χ4v) is 2.58. The van der Waals surface area contributed by atoms with E-state index in [1.54, 1.807) is 0 Å². The summed E-state index contributed by atoms with van der Waals surface area (Å²) >= 11 is 3.62. The summed E-state index contributed by atoms with van der Waals surface area (Å²) in [6.45, 7) is 11.7. The molecule has 0 spiro atoms. The highest BCUT2D eigenvalue weighted by molar-refractivity contribution is 9.10. The van der Waals surface area contributed by atoms with Crippen molar-refractivity contribution in [1.29, 1.82) is 0 Å². The van der Waals surface area contributed by atoms with E-state index in [1.807, 2.05) is 6.20 Å². The highest BCUT2D eigenvalue weighted by atomic mass is 79.9. The quantitative estimate of drug-likeness (QED) is 0.773. The second kappa shape index (κ2) is 8.27. The van der Waals surface area contributed by atoms with Gasteiger partial charge in [0.15, 0.2) is 0 Å². The van der Waals surface area contributed by atoms with E-state index in [-0.39, 0.29) is 11.6 Å². The van der Waals surface area contributed by atoms with Crippen LogP contribution < -0.4 is 5.32 Å². The van der Waals surface area contributed by atoms with Gasteiger partial charge in [0.1, 0.15) is 0 Å². The molecule has 1 unspecified atom stereocenters. The molecule has 1 atom stereocenters. The van der Waals surface area contributed by atoms with Gasteiger partial charge in [-0.15, -0.1) is 0 Å². The predicted octanol–water partition coefficient (Wildman–Crippen LogP) is 2.67. The molecule has 0 saturated heterocycles. The molecule has 1 aromatic heterocycles. The van der Waals surface area contributed by atoms with Crippen LogP contribution in [0.15, 0.2) is 10.7 Å². The molecule has 122 valence electrons. The van der Waals surface area contributed by atoms with E-state index < -0.39 is 0 Å². The summed E-state index contributed by atoms with van der Waals surface area (Å²) in [6, 6.07) is 0.133. The third kappa shape index (κ3) is 6.46. The highest BCUT2D eigenvalue weighted by Gasteiger charge is 2.22. The van der Waals surface area contributed by atoms with E-state index in [0.717, 1.165) is 29.8 Å². The summed E-state index contributed by atoms with van der Waals surface area (Å²) in [7, 11) is 4.14. The Bertz CT molecular complexity index is 426. The third-order valence-corrected chi connectivity index (χ3v) is 3.67. The van der Waals surface area contributed by atoms with Crippen molar-refractivity contribution in [1.82, 2.24) is 20.0 Å². The normalized spacial score (nSPS) is 13.9. The van der Waals surface area contributed by atoms with Gasteiger partial charge < -0.3 is 15.0 Å². The van der Waals surface area contributed by atoms with Crippen molar-refractivity contribution in [2.75, 3.05) is 33.8 Å². The number of aromatic nitrogens is 2. The molecule has 0 bridgehead atoms. The Morgan fingerprint density at radius 1 is 1.43 bits per heavy atom. The Balaban J connectivity index is 2.88. The third-order valence-electron chi connectivity index (χ3n) is 3.06. The van der Waals surface area contributed by atoms with Crippen molar-refractivity contribution in [2.45, 2.75) is 45.9 Å². The minimum Gasteiger partial charge on any atom is -0.374 e. The number of nitrogens with zero attached hydrogens (tertiary/aromatic N) is 3. The molecule has 0 saturated carbocycles. The van der Waals surface area contributed by atoms with Crippen LogP contribution in [0, 0.1) is 0 Å². The van der Waals surface area contributed by atoms with Gasteiger partial charge in [0.05, 0.1) is 41.2 Å². The first kappa shape index (κ1) is 18.6. The van der Waals surface area contributed by atoms with Crippen LogP contribution >= 0.6 is 15.9 Å². The molecule has 1 N–H and O–H groups in total. The van der Waals surface area contributed by atoms with Crippen LogP contribution in [-0.4, -0.2) is 54.1 Å². The monoisotopic (exact) mass is 360 g/mol. The van der Waals surface area contributed by atoms with Crippen molar-refractivity contribution in [3.05, 3.63) is 16.4 Å². The van der Waals surface area contributed by atoms with Gasteiger partial charge in [0.25, 0.3) is 0 Å². The molecule has 0 fully saturated rings. The van der Waals surface area contributed by atoms with Crippen molar-refractivity contribution in [3.8, 4) is 0 Å². The van der Waals surface area contributed by atoms with E-state index in [2.05, 4.69) is 77.7 Å². The smallest absolute Gasteiger partial charge is 0.0741 e. The number of hydrogen-bond donors (Lipinski definition) is 1. The van der Waals surface area contributed by atoms with E-state index in [1.165, 1.54) is 0 Å². The van der Waals surface area contributed by atoms with Gasteiger partial charge >= 0.3 is 0 Å². The molecule has 0 amide bonds. The zero-order valence-corrected chi connectivity index (χ0v) is 15.7. The number of hydrogen-bond acceptors (Lipinski definition) is 4. The summed E-state index contributed by atoms with van der Waals surface area (Å²) in [4.78, 5) is 2.16. The van der Waals surface area contributed by atoms with Gasteiger partial charge in [0.2, 0.25) is 0 Å². The minimum absolute atomic E-state index is 0.133. The standard InChI is InChI=1S/C15H29BrN4O/c1-7-17-13(11-21-15(2,3)4)14-12(16)10-18-20(14)9-8-19(5)6/h10,13,17H,7-9,11H2,1-6H3. The van der Waals surface area contributed by atoms with Gasteiger partial charge in [0, 0.05) is 6.54 Å². The molecular formula is C15H29BrN4O. The molecule has 1 aromatic rings. The molecule has 1 heterocycles. The van der Waals surface area contributed by atoms with Crippen LogP contribution in [0.5, 0.6) is 0 Å². The van der Waals surface area contributed by atoms with Crippen molar-refractivity contribution in [3.63, 3.8) is 0 Å². The lowest BCUT2D eigenvalue weighted by molar-refractivity contribution is -0.0157. The Hall–Kier alpha value is -0.430. The first-order valence-electron chi connectivity index (χ1n) is 7.48. The molecule has 0 aromatic carbocycles. The van der Waals surface area contributed by atoms with Crippen LogP contribution in [0.2, 0.25) is 0 Å².